The Balaban J connectivity index is 3.01. The molecule has 11 nitrogen and oxygen atoms in total. The Kier molecular flexibility index (Phi) is 10.1. The molecule has 0 aromatic heterocycles. The average Bonchev–Trinajstić information content (AvgIpc) is 3.04. The van der Waals surface area contributed by atoms with E-state index in [0.717, 1.165) is 20.8 Å². The lowest BCUT2D eigenvalue weighted by Gasteiger charge is -2.41. The first-order valence-corrected chi connectivity index (χ1v) is 13.6. The zero-order chi connectivity index (χ0) is 31.7. The summed E-state index contributed by atoms with van der Waals surface area (Å²) in [5.74, 6) is -7.35. The number of fused-ring (bicyclic) bond motifs is 1. The molecule has 0 amide bonds. The quantitative estimate of drug-likeness (QED) is 0.290. The lowest BCUT2D eigenvalue weighted by molar-refractivity contribution is -0.186. The highest BCUT2D eigenvalue weighted by Gasteiger charge is 2.70. The van der Waals surface area contributed by atoms with Crippen molar-refractivity contribution in [2.75, 3.05) is 0 Å². The van der Waals surface area contributed by atoms with Gasteiger partial charge < -0.3 is 24.1 Å². The molecule has 41 heavy (non-hydrogen) atoms. The van der Waals surface area contributed by atoms with Crippen LogP contribution in [0.5, 0.6) is 0 Å². The number of aliphatic hydroxyl groups is 1. The van der Waals surface area contributed by atoms with Gasteiger partial charge in [-0.2, -0.15) is 0 Å². The number of hydrogen-bond acceptors (Lipinski definition) is 11. The van der Waals surface area contributed by atoms with E-state index >= 15 is 0 Å². The number of carbonyl (C=O) groups is 6. The Morgan fingerprint density at radius 2 is 1.54 bits per heavy atom. The third kappa shape index (κ3) is 7.30. The number of allylic oxidation sites excluding steroid dienone is 2. The molecule has 0 spiro atoms. The van der Waals surface area contributed by atoms with E-state index in [-0.39, 0.29) is 17.8 Å². The molecule has 7 atom stereocenters. The molecule has 0 aromatic rings. The van der Waals surface area contributed by atoms with E-state index in [1.165, 1.54) is 19.9 Å². The predicted octanol–water partition coefficient (Wildman–Crippen LogP) is 2.81. The van der Waals surface area contributed by atoms with Crippen molar-refractivity contribution >= 4 is 35.4 Å². The van der Waals surface area contributed by atoms with Crippen LogP contribution in [0, 0.1) is 23.2 Å². The highest BCUT2D eigenvalue weighted by atomic mass is 16.6. The maximum absolute atomic E-state index is 14.3. The normalized spacial score (nSPS) is 34.5. The lowest BCUT2D eigenvalue weighted by Crippen LogP contribution is -2.57. The summed E-state index contributed by atoms with van der Waals surface area (Å²) in [7, 11) is 0. The van der Waals surface area contributed by atoms with Gasteiger partial charge in [-0.25, -0.2) is 0 Å². The van der Waals surface area contributed by atoms with Gasteiger partial charge in [0.15, 0.2) is 11.4 Å². The molecule has 0 radical (unpaired) electrons. The number of Topliss-reactive ketones (excluding diaryl/α,β-unsaturated/α-hetero) is 2. The van der Waals surface area contributed by atoms with Crippen LogP contribution in [0.1, 0.15) is 75.2 Å². The van der Waals surface area contributed by atoms with Gasteiger partial charge in [0.25, 0.3) is 0 Å². The Morgan fingerprint density at radius 1 is 0.976 bits per heavy atom. The second-order valence-corrected chi connectivity index (χ2v) is 12.1. The van der Waals surface area contributed by atoms with Crippen LogP contribution in [-0.4, -0.2) is 70.1 Å². The van der Waals surface area contributed by atoms with E-state index in [2.05, 4.69) is 6.58 Å². The lowest BCUT2D eigenvalue weighted by atomic mass is 9.73. The summed E-state index contributed by atoms with van der Waals surface area (Å²) in [5, 5.41) is 11.6. The first-order chi connectivity index (χ1) is 18.7. The van der Waals surface area contributed by atoms with Gasteiger partial charge >= 0.3 is 23.9 Å². The van der Waals surface area contributed by atoms with Gasteiger partial charge in [0.1, 0.15) is 29.7 Å². The van der Waals surface area contributed by atoms with Gasteiger partial charge in [0, 0.05) is 50.5 Å². The molecule has 0 heterocycles. The minimum atomic E-state index is -2.18. The predicted molar refractivity (Wildman–Crippen MR) is 145 cm³/mol. The molecular weight excluding hydrogens is 536 g/mol. The fourth-order valence-electron chi connectivity index (χ4n) is 5.47. The van der Waals surface area contributed by atoms with Crippen LogP contribution in [0.15, 0.2) is 24.3 Å². The Morgan fingerprint density at radius 3 is 2.02 bits per heavy atom. The fraction of sp³-hybridized carbons (Fsp3) is 0.667. The molecular formula is C30H42O11. The molecule has 228 valence electrons. The standard InChI is InChI=1S/C30H42O11/c1-15(2)27(36)40-21-13-22(34)28(8,9)12-11-16(3)25(35)30(41-20(7)33)14-29(10,37)26(39-19(6)32)23(30)24(17(21)4)38-18(5)31/h11-12,15-16,21,23-24,26,37H,4,13-14H2,1-3,5-10H3/b12-11+/t16-,21-,23+,24+,26-,29-,30-/m1/s1. The highest BCUT2D eigenvalue weighted by molar-refractivity contribution is 5.94. The largest absolute Gasteiger partial charge is 0.459 e. The number of carbonyl (C=O) groups excluding carboxylic acids is 6. The molecule has 11 heteroatoms. The van der Waals surface area contributed by atoms with Crippen molar-refractivity contribution in [3.63, 3.8) is 0 Å². The van der Waals surface area contributed by atoms with Crippen LogP contribution in [0.2, 0.25) is 0 Å². The number of rotatable bonds is 5. The number of ether oxygens (including phenoxy) is 4. The molecule has 0 bridgehead atoms. The molecule has 2 aliphatic rings. The van der Waals surface area contributed by atoms with Crippen LogP contribution in [0.25, 0.3) is 0 Å². The summed E-state index contributed by atoms with van der Waals surface area (Å²) < 4.78 is 22.6. The van der Waals surface area contributed by atoms with Crippen LogP contribution in [0.3, 0.4) is 0 Å². The first-order valence-electron chi connectivity index (χ1n) is 13.6. The highest BCUT2D eigenvalue weighted by Crippen LogP contribution is 2.52. The number of ketones is 2. The summed E-state index contributed by atoms with van der Waals surface area (Å²) in [6.07, 6.45) is -2.34. The first kappa shape index (κ1) is 33.9. The topological polar surface area (TPSA) is 160 Å². The van der Waals surface area contributed by atoms with E-state index in [0.29, 0.717) is 0 Å². The maximum atomic E-state index is 14.3. The summed E-state index contributed by atoms with van der Waals surface area (Å²) in [4.78, 5) is 77.7. The van der Waals surface area contributed by atoms with E-state index in [1.54, 1.807) is 33.8 Å². The smallest absolute Gasteiger partial charge is 0.308 e. The average molecular weight is 579 g/mol. The van der Waals surface area contributed by atoms with Crippen molar-refractivity contribution in [2.24, 2.45) is 23.2 Å². The van der Waals surface area contributed by atoms with Crippen molar-refractivity contribution in [3.05, 3.63) is 24.3 Å². The summed E-state index contributed by atoms with van der Waals surface area (Å²) >= 11 is 0. The van der Waals surface area contributed by atoms with Crippen molar-refractivity contribution in [3.8, 4) is 0 Å². The maximum Gasteiger partial charge on any atom is 0.308 e. The Labute approximate surface area is 240 Å². The minimum absolute atomic E-state index is 0.111. The molecule has 0 aromatic carbocycles. The van der Waals surface area contributed by atoms with Gasteiger partial charge in [-0.1, -0.05) is 39.5 Å². The second-order valence-electron chi connectivity index (χ2n) is 12.1. The molecule has 1 N–H and O–H groups in total. The van der Waals surface area contributed by atoms with E-state index < -0.39 is 88.8 Å². The summed E-state index contributed by atoms with van der Waals surface area (Å²) in [5.41, 5.74) is -5.37. The minimum Gasteiger partial charge on any atom is -0.459 e. The van der Waals surface area contributed by atoms with Gasteiger partial charge in [-0.05, 0) is 20.8 Å². The molecule has 0 saturated heterocycles. The monoisotopic (exact) mass is 578 g/mol. The van der Waals surface area contributed by atoms with Crippen molar-refractivity contribution in [2.45, 2.75) is 105 Å². The molecule has 1 fully saturated rings. The van der Waals surface area contributed by atoms with Gasteiger partial charge in [0.2, 0.25) is 0 Å². The Bertz CT molecular complexity index is 1150. The fourth-order valence-corrected chi connectivity index (χ4v) is 5.47. The van der Waals surface area contributed by atoms with Gasteiger partial charge in [-0.15, -0.1) is 0 Å². The van der Waals surface area contributed by atoms with Crippen LogP contribution >= 0.6 is 0 Å². The summed E-state index contributed by atoms with van der Waals surface area (Å²) in [6.45, 7) is 16.6. The Hall–Kier alpha value is -3.34. The third-order valence-corrected chi connectivity index (χ3v) is 7.57. The zero-order valence-electron chi connectivity index (χ0n) is 25.3. The van der Waals surface area contributed by atoms with Crippen LogP contribution in [0.4, 0.5) is 0 Å². The molecule has 2 rings (SSSR count). The number of esters is 4. The zero-order valence-corrected chi connectivity index (χ0v) is 25.3. The van der Waals surface area contributed by atoms with Gasteiger partial charge in [0.05, 0.1) is 11.8 Å². The second kappa shape index (κ2) is 12.3. The van der Waals surface area contributed by atoms with Crippen LogP contribution < -0.4 is 0 Å². The third-order valence-electron chi connectivity index (χ3n) is 7.57. The molecule has 1 saturated carbocycles. The molecule has 2 aliphatic carbocycles. The van der Waals surface area contributed by atoms with Crippen LogP contribution in [-0.2, 0) is 47.7 Å². The van der Waals surface area contributed by atoms with Gasteiger partial charge in [-0.3, -0.25) is 28.8 Å². The van der Waals surface area contributed by atoms with E-state index in [1.807, 2.05) is 0 Å². The van der Waals surface area contributed by atoms with Crippen molar-refractivity contribution < 1.29 is 52.8 Å². The SMILES string of the molecule is C=C1[C@H](OC(=O)C(C)C)CC(=O)C(C)(C)/C=C/[C@@H](C)C(=O)[C@@]2(OC(C)=O)C[C@@](C)(O)[C@H](OC(C)=O)[C@@H]2[C@H]1OC(C)=O. The summed E-state index contributed by atoms with van der Waals surface area (Å²) in [6, 6.07) is 0. The number of hydrogen-bond donors (Lipinski definition) is 1. The van der Waals surface area contributed by atoms with E-state index in [9.17, 15) is 33.9 Å². The van der Waals surface area contributed by atoms with Crippen molar-refractivity contribution in [1.29, 1.82) is 0 Å². The van der Waals surface area contributed by atoms with E-state index in [4.69, 9.17) is 18.9 Å². The molecule has 0 unspecified atom stereocenters. The molecule has 0 aliphatic heterocycles. The van der Waals surface area contributed by atoms with Crippen molar-refractivity contribution in [1.82, 2.24) is 0 Å².